The first kappa shape index (κ1) is 16.6. The molecule has 3 aromatic rings. The third kappa shape index (κ3) is 2.65. The third-order valence-corrected chi connectivity index (χ3v) is 5.52. The van der Waals surface area contributed by atoms with Gasteiger partial charge in [0.05, 0.1) is 17.9 Å². The third-order valence-electron chi connectivity index (χ3n) is 5.52. The summed E-state index contributed by atoms with van der Waals surface area (Å²) in [7, 11) is 0. The van der Waals surface area contributed by atoms with Gasteiger partial charge in [0.15, 0.2) is 0 Å². The van der Waals surface area contributed by atoms with Crippen molar-refractivity contribution >= 4 is 39.8 Å². The molecule has 0 atom stereocenters. The lowest BCUT2D eigenvalue weighted by Gasteiger charge is -2.29. The summed E-state index contributed by atoms with van der Waals surface area (Å²) in [6.07, 6.45) is 4.37. The molecule has 2 aromatic carbocycles. The minimum absolute atomic E-state index is 0.0710. The maximum atomic E-state index is 12.1. The van der Waals surface area contributed by atoms with Gasteiger partial charge in [-0.3, -0.25) is 9.48 Å². The molecule has 8 heteroatoms. The fourth-order valence-electron chi connectivity index (χ4n) is 4.08. The number of nitrogens with one attached hydrogen (secondary N) is 2. The molecule has 28 heavy (non-hydrogen) atoms. The molecule has 3 N–H and O–H groups in total. The molecule has 2 aliphatic rings. The van der Waals surface area contributed by atoms with Gasteiger partial charge in [0.2, 0.25) is 0 Å². The van der Waals surface area contributed by atoms with E-state index in [0.29, 0.717) is 18.7 Å². The van der Waals surface area contributed by atoms with Gasteiger partial charge in [-0.1, -0.05) is 12.1 Å². The van der Waals surface area contributed by atoms with Gasteiger partial charge in [-0.05, 0) is 31.0 Å². The summed E-state index contributed by atoms with van der Waals surface area (Å²) in [6.45, 7) is 1.05. The SMILES string of the molecule is O=C1Nc2ccc(Nc3cnn(C4CCN(C(=O)O)CC4)c3)c3cccc1c23. The highest BCUT2D eigenvalue weighted by Gasteiger charge is 2.24. The van der Waals surface area contributed by atoms with E-state index in [1.54, 1.807) is 6.20 Å². The van der Waals surface area contributed by atoms with Crippen LogP contribution in [0.15, 0.2) is 42.7 Å². The number of amides is 2. The molecule has 1 fully saturated rings. The monoisotopic (exact) mass is 377 g/mol. The highest BCUT2D eigenvalue weighted by atomic mass is 16.4. The number of carbonyl (C=O) groups is 2. The first-order valence-corrected chi connectivity index (χ1v) is 9.26. The average molecular weight is 377 g/mol. The van der Waals surface area contributed by atoms with Crippen molar-refractivity contribution in [1.29, 1.82) is 0 Å². The molecule has 2 aliphatic heterocycles. The largest absolute Gasteiger partial charge is 0.465 e. The maximum Gasteiger partial charge on any atom is 0.407 e. The Morgan fingerprint density at radius 2 is 2.04 bits per heavy atom. The van der Waals surface area contributed by atoms with Gasteiger partial charge in [-0.2, -0.15) is 5.10 Å². The Kier molecular flexibility index (Phi) is 3.71. The number of piperidine rings is 1. The van der Waals surface area contributed by atoms with Crippen LogP contribution in [0.2, 0.25) is 0 Å². The summed E-state index contributed by atoms with van der Waals surface area (Å²) in [6, 6.07) is 9.77. The number of benzene rings is 2. The van der Waals surface area contributed by atoms with Crippen LogP contribution in [0.4, 0.5) is 21.9 Å². The van der Waals surface area contributed by atoms with Crippen LogP contribution in [0.1, 0.15) is 29.2 Å². The number of aromatic nitrogens is 2. The lowest BCUT2D eigenvalue weighted by molar-refractivity contribution is 0.103. The van der Waals surface area contributed by atoms with E-state index >= 15 is 0 Å². The van der Waals surface area contributed by atoms with Crippen molar-refractivity contribution in [1.82, 2.24) is 14.7 Å². The van der Waals surface area contributed by atoms with E-state index in [0.717, 1.165) is 40.7 Å². The summed E-state index contributed by atoms with van der Waals surface area (Å²) >= 11 is 0. The van der Waals surface area contributed by atoms with Gasteiger partial charge in [0, 0.05) is 47.0 Å². The number of nitrogens with zero attached hydrogens (tertiary/aromatic N) is 3. The van der Waals surface area contributed by atoms with Crippen LogP contribution in [-0.4, -0.2) is 44.9 Å². The zero-order chi connectivity index (χ0) is 19.3. The second-order valence-corrected chi connectivity index (χ2v) is 7.18. The molecule has 142 valence electrons. The van der Waals surface area contributed by atoms with Crippen LogP contribution < -0.4 is 10.6 Å². The standard InChI is InChI=1S/C20H19N5O3/c26-19-15-3-1-2-14-16(4-5-17(23-19)18(14)15)22-12-10-21-25(11-12)13-6-8-24(9-7-13)20(27)28/h1-5,10-11,13,22H,6-9H2,(H,23,26)(H,27,28). The molecule has 0 saturated carbocycles. The van der Waals surface area contributed by atoms with E-state index in [4.69, 9.17) is 5.11 Å². The fourth-order valence-corrected chi connectivity index (χ4v) is 4.08. The molecule has 0 radical (unpaired) electrons. The van der Waals surface area contributed by atoms with Crippen molar-refractivity contribution in [3.8, 4) is 0 Å². The van der Waals surface area contributed by atoms with E-state index in [9.17, 15) is 9.59 Å². The van der Waals surface area contributed by atoms with E-state index in [1.807, 2.05) is 41.2 Å². The van der Waals surface area contributed by atoms with Gasteiger partial charge in [0.1, 0.15) is 0 Å². The van der Waals surface area contributed by atoms with Crippen LogP contribution in [0, 0.1) is 0 Å². The second kappa shape index (κ2) is 6.26. The normalized spacial score (nSPS) is 16.4. The van der Waals surface area contributed by atoms with E-state index < -0.39 is 6.09 Å². The molecular formula is C20H19N5O3. The zero-order valence-electron chi connectivity index (χ0n) is 15.1. The van der Waals surface area contributed by atoms with E-state index in [2.05, 4.69) is 15.7 Å². The number of hydrogen-bond acceptors (Lipinski definition) is 4. The number of likely N-dealkylation sites (tertiary alicyclic amines) is 1. The second-order valence-electron chi connectivity index (χ2n) is 7.18. The highest BCUT2D eigenvalue weighted by Crippen LogP contribution is 2.38. The van der Waals surface area contributed by atoms with Crippen LogP contribution in [0.5, 0.6) is 0 Å². The van der Waals surface area contributed by atoms with Crippen LogP contribution >= 0.6 is 0 Å². The van der Waals surface area contributed by atoms with Crippen LogP contribution in [-0.2, 0) is 0 Å². The molecule has 8 nitrogen and oxygen atoms in total. The summed E-state index contributed by atoms with van der Waals surface area (Å²) in [4.78, 5) is 24.6. The molecule has 1 saturated heterocycles. The lowest BCUT2D eigenvalue weighted by Crippen LogP contribution is -2.38. The van der Waals surface area contributed by atoms with Crippen molar-refractivity contribution in [2.24, 2.45) is 0 Å². The number of carboxylic acid groups (broad SMARTS) is 1. The average Bonchev–Trinajstić information content (AvgIpc) is 3.30. The van der Waals surface area contributed by atoms with Crippen LogP contribution in [0.3, 0.4) is 0 Å². The highest BCUT2D eigenvalue weighted by molar-refractivity contribution is 6.25. The van der Waals surface area contributed by atoms with Crippen molar-refractivity contribution in [2.45, 2.75) is 18.9 Å². The fraction of sp³-hybridized carbons (Fsp3) is 0.250. The van der Waals surface area contributed by atoms with Crippen molar-refractivity contribution < 1.29 is 14.7 Å². The lowest BCUT2D eigenvalue weighted by atomic mass is 10.0. The molecule has 0 aliphatic carbocycles. The predicted octanol–water partition coefficient (Wildman–Crippen LogP) is 3.66. The van der Waals surface area contributed by atoms with Gasteiger partial charge < -0.3 is 20.6 Å². The van der Waals surface area contributed by atoms with E-state index in [-0.39, 0.29) is 11.9 Å². The first-order valence-electron chi connectivity index (χ1n) is 9.26. The minimum Gasteiger partial charge on any atom is -0.465 e. The number of rotatable bonds is 3. The molecule has 0 spiro atoms. The molecule has 3 heterocycles. The Bertz CT molecular complexity index is 1100. The zero-order valence-corrected chi connectivity index (χ0v) is 15.1. The first-order chi connectivity index (χ1) is 13.6. The van der Waals surface area contributed by atoms with Crippen molar-refractivity contribution in [2.75, 3.05) is 23.7 Å². The minimum atomic E-state index is -0.860. The van der Waals surface area contributed by atoms with Crippen molar-refractivity contribution in [3.63, 3.8) is 0 Å². The summed E-state index contributed by atoms with van der Waals surface area (Å²) in [5.74, 6) is -0.0710. The Labute approximate surface area is 160 Å². The Morgan fingerprint density at radius 3 is 2.82 bits per heavy atom. The van der Waals surface area contributed by atoms with E-state index in [1.165, 1.54) is 4.90 Å². The van der Waals surface area contributed by atoms with Gasteiger partial charge in [-0.15, -0.1) is 0 Å². The Hall–Kier alpha value is -3.55. The van der Waals surface area contributed by atoms with Gasteiger partial charge in [0.25, 0.3) is 5.91 Å². The van der Waals surface area contributed by atoms with Gasteiger partial charge >= 0.3 is 6.09 Å². The Morgan fingerprint density at radius 1 is 1.21 bits per heavy atom. The van der Waals surface area contributed by atoms with Crippen molar-refractivity contribution in [3.05, 3.63) is 48.3 Å². The topological polar surface area (TPSA) is 99.5 Å². The smallest absolute Gasteiger partial charge is 0.407 e. The molecular weight excluding hydrogens is 358 g/mol. The molecule has 0 bridgehead atoms. The van der Waals surface area contributed by atoms with Crippen LogP contribution in [0.25, 0.3) is 10.8 Å². The predicted molar refractivity (Wildman–Crippen MR) is 105 cm³/mol. The maximum absolute atomic E-state index is 12.1. The summed E-state index contributed by atoms with van der Waals surface area (Å²) in [5.41, 5.74) is 3.30. The summed E-state index contributed by atoms with van der Waals surface area (Å²) < 4.78 is 1.91. The molecule has 5 rings (SSSR count). The van der Waals surface area contributed by atoms with Gasteiger partial charge in [-0.25, -0.2) is 4.79 Å². The summed E-state index contributed by atoms with van der Waals surface area (Å²) in [5, 5.41) is 21.8. The number of carbonyl (C=O) groups excluding carboxylic acids is 1. The Balaban J connectivity index is 1.38. The number of hydrogen-bond donors (Lipinski definition) is 3. The quantitative estimate of drug-likeness (QED) is 0.647. The number of anilines is 3. The molecule has 1 aromatic heterocycles. The molecule has 2 amide bonds. The molecule has 0 unspecified atom stereocenters.